The third-order valence-electron chi connectivity index (χ3n) is 11.8. The van der Waals surface area contributed by atoms with E-state index in [4.69, 9.17) is 28.7 Å². The van der Waals surface area contributed by atoms with Crippen molar-refractivity contribution in [3.05, 3.63) is 165 Å². The normalized spacial score (nSPS) is 11.7. The highest BCUT2D eigenvalue weighted by Gasteiger charge is 2.22. The van der Waals surface area contributed by atoms with Crippen molar-refractivity contribution in [1.82, 2.24) is 9.97 Å². The van der Waals surface area contributed by atoms with Gasteiger partial charge in [0.1, 0.15) is 17.9 Å². The minimum atomic E-state index is -0.566. The maximum absolute atomic E-state index is 12.4. The average Bonchev–Trinajstić information content (AvgIpc) is 3.77. The molecule has 0 unspecified atom stereocenters. The first-order valence-electron chi connectivity index (χ1n) is 21.0. The lowest BCUT2D eigenvalue weighted by molar-refractivity contribution is 0.0816. The van der Waals surface area contributed by atoms with E-state index < -0.39 is 11.6 Å². The molecule has 0 radical (unpaired) electrons. The van der Waals surface area contributed by atoms with Crippen LogP contribution in [0.15, 0.2) is 109 Å². The summed E-state index contributed by atoms with van der Waals surface area (Å²) < 4.78 is 26.9. The number of ketones is 2. The number of imidazole rings is 1. The summed E-state index contributed by atoms with van der Waals surface area (Å²) >= 11 is 0. The van der Waals surface area contributed by atoms with E-state index in [9.17, 15) is 14.4 Å². The van der Waals surface area contributed by atoms with Crippen LogP contribution in [0.25, 0.3) is 33.9 Å². The third kappa shape index (κ3) is 9.46. The summed E-state index contributed by atoms with van der Waals surface area (Å²) in [5.41, 5.74) is 14.0. The molecule has 0 saturated heterocycles. The Morgan fingerprint density at radius 2 is 1.08 bits per heavy atom. The van der Waals surface area contributed by atoms with Crippen LogP contribution in [0.4, 0.5) is 0 Å². The smallest absolute Gasteiger partial charge is 0.233 e. The zero-order valence-electron chi connectivity index (χ0n) is 37.5. The van der Waals surface area contributed by atoms with Gasteiger partial charge in [-0.1, -0.05) is 36.4 Å². The molecule has 10 nitrogen and oxygen atoms in total. The summed E-state index contributed by atoms with van der Waals surface area (Å²) in [5, 5.41) is 0. The second-order valence-corrected chi connectivity index (χ2v) is 15.7. The van der Waals surface area contributed by atoms with Crippen LogP contribution >= 0.6 is 0 Å². The van der Waals surface area contributed by atoms with Gasteiger partial charge in [-0.2, -0.15) is 0 Å². The standard InChI is InChI=1S/C36H34N2O4.C18H18O4/c1-22-17-27(13-15-31(22)40-2)34-35(28-14-16-32(41-3)33(20-28)42-4)38-36(37-34)30-19-24-6-5-23-7-9-25(29(18-23)21-39)11-12-26(30)10-8-24;1-11-5-6-13(9-12(11)2)17(19)18(20)14-7-8-15(21-3)16(10-14)22-4/h7-10,13-21H,5-6,11-12H2,1-4H3,(H,37,38);5-10H,1-4H3. The van der Waals surface area contributed by atoms with Gasteiger partial charge in [0.25, 0.3) is 0 Å². The highest BCUT2D eigenvalue weighted by molar-refractivity contribution is 6.49. The summed E-state index contributed by atoms with van der Waals surface area (Å²) in [6, 6.07) is 35.0. The maximum Gasteiger partial charge on any atom is 0.233 e. The quantitative estimate of drug-likeness (QED) is 0.0726. The average molecular weight is 857 g/mol. The van der Waals surface area contributed by atoms with Crippen LogP contribution in [0, 0.1) is 20.8 Å². The number of nitrogens with one attached hydrogen (secondary N) is 1. The molecule has 4 aliphatic rings. The number of benzene rings is 6. The van der Waals surface area contributed by atoms with Crippen LogP contribution in [0.2, 0.25) is 0 Å². The Balaban J connectivity index is 0.000000235. The van der Waals surface area contributed by atoms with Crippen molar-refractivity contribution in [2.24, 2.45) is 0 Å². The lowest BCUT2D eigenvalue weighted by Gasteiger charge is -2.14. The molecule has 0 amide bonds. The Morgan fingerprint density at radius 3 is 1.72 bits per heavy atom. The van der Waals surface area contributed by atoms with Gasteiger partial charge in [-0.3, -0.25) is 14.4 Å². The number of methoxy groups -OCH3 is 5. The Bertz CT molecular complexity index is 2870. The highest BCUT2D eigenvalue weighted by Crippen LogP contribution is 2.39. The van der Waals surface area contributed by atoms with Gasteiger partial charge in [0.05, 0.1) is 46.9 Å². The fourth-order valence-electron chi connectivity index (χ4n) is 7.97. The number of aryl methyl sites for hydroxylation is 7. The second-order valence-electron chi connectivity index (χ2n) is 15.7. The zero-order valence-corrected chi connectivity index (χ0v) is 37.5. The van der Waals surface area contributed by atoms with Crippen LogP contribution in [0.3, 0.4) is 0 Å². The molecule has 1 N–H and O–H groups in total. The molecule has 0 spiro atoms. The van der Waals surface area contributed by atoms with Crippen LogP contribution in [-0.2, 0) is 25.7 Å². The molecule has 0 aliphatic heterocycles. The Labute approximate surface area is 374 Å². The fraction of sp³-hybridized carbons (Fsp3) is 0.222. The van der Waals surface area contributed by atoms with E-state index >= 15 is 0 Å². The number of hydrogen-bond acceptors (Lipinski definition) is 9. The highest BCUT2D eigenvalue weighted by atomic mass is 16.5. The summed E-state index contributed by atoms with van der Waals surface area (Å²) in [7, 11) is 7.96. The fourth-order valence-corrected chi connectivity index (χ4v) is 7.97. The molecule has 7 aromatic rings. The minimum Gasteiger partial charge on any atom is -0.496 e. The molecule has 4 aliphatic carbocycles. The number of hydrogen-bond donors (Lipinski definition) is 1. The minimum absolute atomic E-state index is 0.279. The number of aldehydes is 1. The van der Waals surface area contributed by atoms with E-state index in [0.29, 0.717) is 28.6 Å². The van der Waals surface area contributed by atoms with Crippen molar-refractivity contribution in [2.45, 2.75) is 46.5 Å². The van der Waals surface area contributed by atoms with Crippen molar-refractivity contribution in [3.63, 3.8) is 0 Å². The molecule has 1 aromatic heterocycles. The Kier molecular flexibility index (Phi) is 13.7. The summed E-state index contributed by atoms with van der Waals surface area (Å²) in [4.78, 5) is 45.5. The first-order valence-corrected chi connectivity index (χ1v) is 21.0. The van der Waals surface area contributed by atoms with Crippen LogP contribution < -0.4 is 23.7 Å². The Morgan fingerprint density at radius 1 is 0.516 bits per heavy atom. The first kappa shape index (κ1) is 44.6. The molecule has 6 aromatic carbocycles. The monoisotopic (exact) mass is 856 g/mol. The summed E-state index contributed by atoms with van der Waals surface area (Å²) in [6.45, 7) is 5.91. The van der Waals surface area contributed by atoms with Crippen molar-refractivity contribution >= 4 is 17.9 Å². The molecule has 11 rings (SSSR count). The number of aromatic amines is 1. The molecule has 1 heterocycles. The summed E-state index contributed by atoms with van der Waals surface area (Å²) in [6.07, 6.45) is 4.29. The van der Waals surface area contributed by atoms with Crippen molar-refractivity contribution in [3.8, 4) is 62.7 Å². The number of carbonyl (C=O) groups is 3. The van der Waals surface area contributed by atoms with Gasteiger partial charge in [0.2, 0.25) is 11.6 Å². The van der Waals surface area contributed by atoms with E-state index in [-0.39, 0.29) is 5.56 Å². The third-order valence-corrected chi connectivity index (χ3v) is 11.8. The number of ether oxygens (including phenoxy) is 5. The van der Waals surface area contributed by atoms with Crippen molar-refractivity contribution in [1.29, 1.82) is 0 Å². The van der Waals surface area contributed by atoms with Crippen molar-refractivity contribution in [2.75, 3.05) is 35.5 Å². The topological polar surface area (TPSA) is 126 Å². The largest absolute Gasteiger partial charge is 0.496 e. The second kappa shape index (κ2) is 19.7. The van der Waals surface area contributed by atoms with Crippen LogP contribution in [0.1, 0.15) is 70.0 Å². The number of H-pyrrole nitrogens is 1. The Hall–Kier alpha value is -7.46. The first-order chi connectivity index (χ1) is 31.0. The molecular weight excluding hydrogens is 805 g/mol. The molecule has 0 saturated carbocycles. The number of Topliss-reactive ketones (excluding diaryl/α,β-unsaturated/α-hetero) is 2. The van der Waals surface area contributed by atoms with E-state index in [2.05, 4.69) is 41.4 Å². The van der Waals surface area contributed by atoms with Crippen molar-refractivity contribution < 1.29 is 38.1 Å². The molecule has 0 fully saturated rings. The van der Waals surface area contributed by atoms with E-state index in [1.165, 1.54) is 37.0 Å². The van der Waals surface area contributed by atoms with Gasteiger partial charge in [-0.25, -0.2) is 4.98 Å². The molecule has 10 heteroatoms. The van der Waals surface area contributed by atoms with Gasteiger partial charge in [-0.15, -0.1) is 0 Å². The molecular formula is C54H52N2O8. The zero-order chi connectivity index (χ0) is 45.5. The number of aromatic nitrogens is 2. The van der Waals surface area contributed by atoms with Gasteiger partial charge in [0.15, 0.2) is 23.0 Å². The lowest BCUT2D eigenvalue weighted by Crippen LogP contribution is -2.15. The van der Waals surface area contributed by atoms with Gasteiger partial charge in [-0.05, 0) is 158 Å². The summed E-state index contributed by atoms with van der Waals surface area (Å²) in [5.74, 6) is 2.79. The van der Waals surface area contributed by atoms with Gasteiger partial charge >= 0.3 is 0 Å². The van der Waals surface area contributed by atoms with Gasteiger partial charge in [0, 0.05) is 33.4 Å². The number of carbonyl (C=O) groups excluding carboxylic acids is 3. The molecule has 64 heavy (non-hydrogen) atoms. The molecule has 4 bridgehead atoms. The maximum atomic E-state index is 12.4. The molecule has 326 valence electrons. The number of rotatable bonds is 12. The van der Waals surface area contributed by atoms with Gasteiger partial charge < -0.3 is 28.7 Å². The molecule has 0 atom stereocenters. The SMILES string of the molecule is COc1ccc(-c2nc(-c3cc4ccc3CCc3ccc(cc3C=O)CC4)[nH]c2-c2ccc(OC)c(OC)c2)cc1C.COc1ccc(C(=O)C(=O)c2ccc(C)c(C)c2)cc1OC. The van der Waals surface area contributed by atoms with E-state index in [1.54, 1.807) is 45.6 Å². The van der Waals surface area contributed by atoms with Crippen LogP contribution in [0.5, 0.6) is 28.7 Å². The van der Waals surface area contributed by atoms with E-state index in [0.717, 1.165) is 99.4 Å². The predicted octanol–water partition coefficient (Wildman–Crippen LogP) is 10.8. The number of nitrogens with zero attached hydrogens (tertiary/aromatic N) is 1. The van der Waals surface area contributed by atoms with Crippen LogP contribution in [-0.4, -0.2) is 63.4 Å². The lowest BCUT2D eigenvalue weighted by atomic mass is 9.91. The predicted molar refractivity (Wildman–Crippen MR) is 250 cm³/mol. The van der Waals surface area contributed by atoms with E-state index in [1.807, 2.05) is 63.2 Å².